The Balaban J connectivity index is 1.55. The maximum Gasteiger partial charge on any atom is 0.255 e. The van der Waals surface area contributed by atoms with Crippen LogP contribution >= 0.6 is 11.6 Å². The van der Waals surface area contributed by atoms with Gasteiger partial charge in [0, 0.05) is 34.7 Å². The fourth-order valence-corrected chi connectivity index (χ4v) is 3.80. The van der Waals surface area contributed by atoms with Crippen LogP contribution < -0.4 is 10.6 Å². The van der Waals surface area contributed by atoms with Gasteiger partial charge in [0.25, 0.3) is 5.91 Å². The summed E-state index contributed by atoms with van der Waals surface area (Å²) in [6.07, 6.45) is 7.74. The minimum atomic E-state index is -0.434. The zero-order valence-corrected chi connectivity index (χ0v) is 16.8. The van der Waals surface area contributed by atoms with Gasteiger partial charge in [0.15, 0.2) is 5.82 Å². The Kier molecular flexibility index (Phi) is 4.83. The summed E-state index contributed by atoms with van der Waals surface area (Å²) in [5.41, 5.74) is 3.19. The normalized spacial score (nSPS) is 15.0. The molecule has 1 fully saturated rings. The Morgan fingerprint density at radius 3 is 2.87 bits per heavy atom. The molecule has 152 valence electrons. The van der Waals surface area contributed by atoms with Crippen molar-refractivity contribution in [2.75, 3.05) is 5.32 Å². The molecular weight excluding hydrogens is 405 g/mol. The van der Waals surface area contributed by atoms with Crippen LogP contribution in [0.4, 0.5) is 15.9 Å². The third-order valence-corrected chi connectivity index (χ3v) is 5.57. The standard InChI is InChI=1S/C22H19ClFN5O/c23-12-4-7-17(24)15(10-12)21-27-18-3-1-2-14(18)20(29-21)28-19-8-9-25-11-16(19)22(30)26-13-5-6-13/h4,7-11,13H,1-3,5-6H2,(H,26,30)(H,25,27,28,29). The van der Waals surface area contributed by atoms with E-state index in [0.29, 0.717) is 22.1 Å². The maximum absolute atomic E-state index is 14.4. The average Bonchev–Trinajstić information content (AvgIpc) is 3.42. The van der Waals surface area contributed by atoms with Gasteiger partial charge in [-0.25, -0.2) is 14.4 Å². The predicted octanol–water partition coefficient (Wildman–Crippen LogP) is 4.46. The van der Waals surface area contributed by atoms with Gasteiger partial charge in [0.2, 0.25) is 0 Å². The lowest BCUT2D eigenvalue weighted by atomic mass is 10.1. The molecule has 1 amide bonds. The third-order valence-electron chi connectivity index (χ3n) is 5.33. The summed E-state index contributed by atoms with van der Waals surface area (Å²) in [6.45, 7) is 0. The number of fused-ring (bicyclic) bond motifs is 1. The van der Waals surface area contributed by atoms with Crippen LogP contribution in [0, 0.1) is 5.82 Å². The van der Waals surface area contributed by atoms with Crippen molar-refractivity contribution in [3.8, 4) is 11.4 Å². The smallest absolute Gasteiger partial charge is 0.255 e. The number of pyridine rings is 1. The Labute approximate surface area is 177 Å². The molecule has 8 heteroatoms. The number of hydrogen-bond donors (Lipinski definition) is 2. The molecular formula is C22H19ClFN5O. The highest BCUT2D eigenvalue weighted by Crippen LogP contribution is 2.33. The van der Waals surface area contributed by atoms with Crippen molar-refractivity contribution in [3.63, 3.8) is 0 Å². The molecule has 1 saturated carbocycles. The molecule has 5 rings (SSSR count). The van der Waals surface area contributed by atoms with Gasteiger partial charge >= 0.3 is 0 Å². The maximum atomic E-state index is 14.4. The van der Waals surface area contributed by atoms with E-state index in [1.54, 1.807) is 18.5 Å². The first kappa shape index (κ1) is 18.9. The van der Waals surface area contributed by atoms with E-state index < -0.39 is 5.82 Å². The van der Waals surface area contributed by atoms with Crippen molar-refractivity contribution in [1.29, 1.82) is 0 Å². The first-order valence-corrected chi connectivity index (χ1v) is 10.3. The van der Waals surface area contributed by atoms with E-state index in [1.165, 1.54) is 18.2 Å². The number of anilines is 2. The minimum absolute atomic E-state index is 0.167. The first-order valence-electron chi connectivity index (χ1n) is 9.95. The molecule has 30 heavy (non-hydrogen) atoms. The quantitative estimate of drug-likeness (QED) is 0.633. The van der Waals surface area contributed by atoms with E-state index in [0.717, 1.165) is 43.4 Å². The average molecular weight is 424 g/mol. The lowest BCUT2D eigenvalue weighted by Gasteiger charge is -2.15. The van der Waals surface area contributed by atoms with E-state index in [-0.39, 0.29) is 23.3 Å². The van der Waals surface area contributed by atoms with Crippen LogP contribution in [-0.4, -0.2) is 26.9 Å². The molecule has 2 N–H and O–H groups in total. The van der Waals surface area contributed by atoms with Crippen LogP contribution in [0.15, 0.2) is 36.7 Å². The molecule has 1 aromatic carbocycles. The molecule has 0 saturated heterocycles. The third kappa shape index (κ3) is 3.73. The molecule has 2 aromatic heterocycles. The van der Waals surface area contributed by atoms with Crippen molar-refractivity contribution in [2.45, 2.75) is 38.1 Å². The second kappa shape index (κ2) is 7.65. The van der Waals surface area contributed by atoms with Crippen molar-refractivity contribution < 1.29 is 9.18 Å². The van der Waals surface area contributed by atoms with Gasteiger partial charge in [-0.15, -0.1) is 0 Å². The second-order valence-electron chi connectivity index (χ2n) is 7.59. The van der Waals surface area contributed by atoms with Crippen molar-refractivity contribution in [1.82, 2.24) is 20.3 Å². The predicted molar refractivity (Wildman–Crippen MR) is 112 cm³/mol. The highest BCUT2D eigenvalue weighted by molar-refractivity contribution is 6.30. The number of rotatable bonds is 5. The molecule has 2 heterocycles. The molecule has 2 aliphatic carbocycles. The van der Waals surface area contributed by atoms with E-state index in [4.69, 9.17) is 11.6 Å². The second-order valence-corrected chi connectivity index (χ2v) is 8.03. The number of hydrogen-bond acceptors (Lipinski definition) is 5. The van der Waals surface area contributed by atoms with Gasteiger partial charge in [-0.2, -0.15) is 0 Å². The summed E-state index contributed by atoms with van der Waals surface area (Å²) in [6, 6.07) is 6.31. The fraction of sp³-hybridized carbons (Fsp3) is 0.273. The highest BCUT2D eigenvalue weighted by atomic mass is 35.5. The summed E-state index contributed by atoms with van der Waals surface area (Å²) in [5, 5.41) is 6.68. The summed E-state index contributed by atoms with van der Waals surface area (Å²) < 4.78 is 14.4. The van der Waals surface area contributed by atoms with E-state index in [9.17, 15) is 9.18 Å². The van der Waals surface area contributed by atoms with Gasteiger partial charge in [0.1, 0.15) is 11.6 Å². The number of carbonyl (C=O) groups is 1. The fourth-order valence-electron chi connectivity index (χ4n) is 3.63. The number of amides is 1. The molecule has 6 nitrogen and oxygen atoms in total. The van der Waals surface area contributed by atoms with Crippen LogP contribution in [-0.2, 0) is 12.8 Å². The van der Waals surface area contributed by atoms with Crippen LogP contribution in [0.2, 0.25) is 5.02 Å². The SMILES string of the molecule is O=C(NC1CC1)c1cnccc1Nc1nc(-c2cc(Cl)ccc2F)nc2c1CCC2. The van der Waals surface area contributed by atoms with Crippen molar-refractivity contribution in [3.05, 3.63) is 64.3 Å². The van der Waals surface area contributed by atoms with Crippen LogP contribution in [0.3, 0.4) is 0 Å². The molecule has 0 bridgehead atoms. The van der Waals surface area contributed by atoms with Crippen LogP contribution in [0.25, 0.3) is 11.4 Å². The van der Waals surface area contributed by atoms with E-state index in [1.807, 2.05) is 0 Å². The van der Waals surface area contributed by atoms with Gasteiger partial charge in [-0.1, -0.05) is 11.6 Å². The Bertz CT molecular complexity index is 1150. The zero-order chi connectivity index (χ0) is 20.7. The van der Waals surface area contributed by atoms with E-state index in [2.05, 4.69) is 25.6 Å². The lowest BCUT2D eigenvalue weighted by Crippen LogP contribution is -2.26. The topological polar surface area (TPSA) is 79.8 Å². The number of nitrogens with one attached hydrogen (secondary N) is 2. The summed E-state index contributed by atoms with van der Waals surface area (Å²) in [4.78, 5) is 25.9. The van der Waals surface area contributed by atoms with E-state index >= 15 is 0 Å². The molecule has 2 aliphatic rings. The lowest BCUT2D eigenvalue weighted by molar-refractivity contribution is 0.0951. The van der Waals surface area contributed by atoms with Gasteiger partial charge < -0.3 is 10.6 Å². The summed E-state index contributed by atoms with van der Waals surface area (Å²) in [7, 11) is 0. The monoisotopic (exact) mass is 423 g/mol. The molecule has 0 aliphatic heterocycles. The van der Waals surface area contributed by atoms with Crippen molar-refractivity contribution >= 4 is 29.0 Å². The van der Waals surface area contributed by atoms with Gasteiger partial charge in [-0.3, -0.25) is 9.78 Å². The number of aryl methyl sites for hydroxylation is 1. The number of nitrogens with zero attached hydrogens (tertiary/aromatic N) is 3. The Hall–Kier alpha value is -3.06. The Morgan fingerprint density at radius 1 is 1.17 bits per heavy atom. The largest absolute Gasteiger partial charge is 0.349 e. The Morgan fingerprint density at radius 2 is 2.03 bits per heavy atom. The summed E-state index contributed by atoms with van der Waals surface area (Å²) in [5.74, 6) is 0.256. The number of aromatic nitrogens is 3. The highest BCUT2D eigenvalue weighted by Gasteiger charge is 2.26. The first-order chi connectivity index (χ1) is 14.6. The molecule has 0 radical (unpaired) electrons. The van der Waals surface area contributed by atoms with Crippen LogP contribution in [0.5, 0.6) is 0 Å². The summed E-state index contributed by atoms with van der Waals surface area (Å²) >= 11 is 6.07. The molecule has 0 spiro atoms. The molecule has 0 atom stereocenters. The number of benzene rings is 1. The molecule has 3 aromatic rings. The van der Waals surface area contributed by atoms with Crippen LogP contribution in [0.1, 0.15) is 40.9 Å². The minimum Gasteiger partial charge on any atom is -0.349 e. The van der Waals surface area contributed by atoms with Gasteiger partial charge in [0.05, 0.1) is 16.8 Å². The number of halogens is 2. The van der Waals surface area contributed by atoms with Crippen molar-refractivity contribution in [2.24, 2.45) is 0 Å². The number of carbonyl (C=O) groups excluding carboxylic acids is 1. The molecule has 0 unspecified atom stereocenters. The van der Waals surface area contributed by atoms with Gasteiger partial charge in [-0.05, 0) is 56.4 Å². The zero-order valence-electron chi connectivity index (χ0n) is 16.1.